The fraction of sp³-hybridized carbons (Fsp3) is 0.167. The first-order valence-corrected chi connectivity index (χ1v) is 5.86. The van der Waals surface area contributed by atoms with Gasteiger partial charge in [-0.2, -0.15) is 5.10 Å². The molecule has 3 aromatic heterocycles. The van der Waals surface area contributed by atoms with Crippen LogP contribution in [0.1, 0.15) is 21.7 Å². The quantitative estimate of drug-likeness (QED) is 0.646. The Morgan fingerprint density at radius 2 is 2.20 bits per heavy atom. The first-order valence-electron chi connectivity index (χ1n) is 5.86. The number of amides is 1. The third kappa shape index (κ3) is 1.78. The first-order chi connectivity index (χ1) is 9.58. The van der Waals surface area contributed by atoms with Gasteiger partial charge in [-0.15, -0.1) is 0 Å². The zero-order chi connectivity index (χ0) is 14.3. The molecule has 102 valence electrons. The topological polar surface area (TPSA) is 117 Å². The van der Waals surface area contributed by atoms with Crippen molar-refractivity contribution in [3.05, 3.63) is 39.8 Å². The van der Waals surface area contributed by atoms with Crippen LogP contribution in [0.3, 0.4) is 0 Å². The lowest BCUT2D eigenvalue weighted by Crippen LogP contribution is -2.17. The van der Waals surface area contributed by atoms with E-state index in [2.05, 4.69) is 25.5 Å². The van der Waals surface area contributed by atoms with Gasteiger partial charge >= 0.3 is 0 Å². The fourth-order valence-corrected chi connectivity index (χ4v) is 1.98. The average Bonchev–Trinajstić information content (AvgIpc) is 2.94. The van der Waals surface area contributed by atoms with E-state index in [0.717, 1.165) is 5.56 Å². The van der Waals surface area contributed by atoms with E-state index in [9.17, 15) is 9.59 Å². The van der Waals surface area contributed by atoms with Crippen LogP contribution in [-0.2, 0) is 0 Å². The van der Waals surface area contributed by atoms with Crippen molar-refractivity contribution in [2.24, 2.45) is 0 Å². The summed E-state index contributed by atoms with van der Waals surface area (Å²) < 4.78 is 5.33. The maximum absolute atomic E-state index is 12.3. The number of carbonyl (C=O) groups excluding carboxylic acids is 1. The Balaban J connectivity index is 2.10. The van der Waals surface area contributed by atoms with Gasteiger partial charge in [0.1, 0.15) is 17.0 Å². The molecule has 0 saturated carbocycles. The van der Waals surface area contributed by atoms with Gasteiger partial charge < -0.3 is 14.7 Å². The lowest BCUT2D eigenvalue weighted by atomic mass is 10.2. The van der Waals surface area contributed by atoms with Crippen molar-refractivity contribution < 1.29 is 9.21 Å². The molecule has 0 aromatic carbocycles. The van der Waals surface area contributed by atoms with E-state index >= 15 is 0 Å². The molecular formula is C12H11N5O3. The number of carbonyl (C=O) groups is 1. The number of nitrogens with zero attached hydrogens (tertiary/aromatic N) is 2. The molecule has 0 aliphatic carbocycles. The molecule has 0 fully saturated rings. The molecule has 20 heavy (non-hydrogen) atoms. The minimum absolute atomic E-state index is 0.137. The second kappa shape index (κ2) is 4.34. The zero-order valence-electron chi connectivity index (χ0n) is 10.8. The Labute approximate surface area is 112 Å². The summed E-state index contributed by atoms with van der Waals surface area (Å²) in [4.78, 5) is 30.5. The number of anilines is 1. The summed E-state index contributed by atoms with van der Waals surface area (Å²) >= 11 is 0. The lowest BCUT2D eigenvalue weighted by molar-refractivity contribution is 0.102. The second-order valence-electron chi connectivity index (χ2n) is 4.33. The van der Waals surface area contributed by atoms with Crippen LogP contribution in [0.4, 0.5) is 5.82 Å². The van der Waals surface area contributed by atoms with Crippen molar-refractivity contribution in [1.82, 2.24) is 20.2 Å². The molecule has 0 spiro atoms. The number of nitrogens with one attached hydrogen (secondary N) is 3. The maximum Gasteiger partial charge on any atom is 0.262 e. The smallest absolute Gasteiger partial charge is 0.262 e. The highest BCUT2D eigenvalue weighted by Crippen LogP contribution is 2.21. The van der Waals surface area contributed by atoms with Gasteiger partial charge in [0.15, 0.2) is 0 Å². The monoisotopic (exact) mass is 273 g/mol. The Kier molecular flexibility index (Phi) is 2.63. The third-order valence-electron chi connectivity index (χ3n) is 2.96. The van der Waals surface area contributed by atoms with Gasteiger partial charge in [0.2, 0.25) is 5.71 Å². The number of aromatic nitrogens is 4. The molecule has 8 nitrogen and oxygen atoms in total. The summed E-state index contributed by atoms with van der Waals surface area (Å²) in [5, 5.41) is 9.28. The van der Waals surface area contributed by atoms with Gasteiger partial charge in [0.25, 0.3) is 11.5 Å². The highest BCUT2D eigenvalue weighted by atomic mass is 16.3. The van der Waals surface area contributed by atoms with Crippen LogP contribution in [0, 0.1) is 13.8 Å². The van der Waals surface area contributed by atoms with Gasteiger partial charge in [-0.25, -0.2) is 4.98 Å². The molecule has 0 aliphatic heterocycles. The van der Waals surface area contributed by atoms with Crippen molar-refractivity contribution in [3.63, 3.8) is 0 Å². The van der Waals surface area contributed by atoms with Crippen LogP contribution in [0.25, 0.3) is 11.1 Å². The minimum atomic E-state index is -0.452. The summed E-state index contributed by atoms with van der Waals surface area (Å²) in [6.07, 6.45) is 2.82. The van der Waals surface area contributed by atoms with Gasteiger partial charge in [-0.3, -0.25) is 14.7 Å². The number of hydrogen-bond acceptors (Lipinski definition) is 5. The van der Waals surface area contributed by atoms with Crippen molar-refractivity contribution in [3.8, 4) is 0 Å². The largest absolute Gasteiger partial charge is 0.442 e. The predicted octanol–water partition coefficient (Wildman–Crippen LogP) is 1.11. The molecule has 8 heteroatoms. The lowest BCUT2D eigenvalue weighted by Gasteiger charge is -2.02. The first kappa shape index (κ1) is 12.2. The standard InChI is InChI=1S/C12H11N5O3/c1-5-3-15-17-9(5)16-11(19)7-6(2)20-12-8(7)10(18)13-4-14-12/h3-4H,1-2H3,(H,13,14,18)(H2,15,16,17,19). The number of aromatic amines is 2. The summed E-state index contributed by atoms with van der Waals surface area (Å²) in [6, 6.07) is 0. The Hall–Kier alpha value is -2.90. The van der Waals surface area contributed by atoms with Gasteiger partial charge in [0.05, 0.1) is 18.1 Å². The maximum atomic E-state index is 12.3. The molecule has 1 amide bonds. The average molecular weight is 273 g/mol. The molecule has 0 unspecified atom stereocenters. The Morgan fingerprint density at radius 1 is 1.40 bits per heavy atom. The highest BCUT2D eigenvalue weighted by molar-refractivity contribution is 6.12. The van der Waals surface area contributed by atoms with Gasteiger partial charge in [-0.05, 0) is 13.8 Å². The molecule has 0 atom stereocenters. The number of fused-ring (bicyclic) bond motifs is 1. The van der Waals surface area contributed by atoms with Crippen molar-refractivity contribution >= 4 is 22.8 Å². The number of furan rings is 1. The van der Waals surface area contributed by atoms with Crippen LogP contribution < -0.4 is 10.9 Å². The van der Waals surface area contributed by atoms with Crippen LogP contribution in [0.15, 0.2) is 21.7 Å². The van der Waals surface area contributed by atoms with E-state index in [1.54, 1.807) is 20.0 Å². The van der Waals surface area contributed by atoms with E-state index in [1.807, 2.05) is 0 Å². The summed E-state index contributed by atoms with van der Waals surface area (Å²) in [5.41, 5.74) is 0.676. The van der Waals surface area contributed by atoms with Gasteiger partial charge in [0, 0.05) is 5.56 Å². The van der Waals surface area contributed by atoms with Crippen molar-refractivity contribution in [1.29, 1.82) is 0 Å². The molecule has 0 radical (unpaired) electrons. The molecule has 0 bridgehead atoms. The number of aryl methyl sites for hydroxylation is 2. The summed E-state index contributed by atoms with van der Waals surface area (Å²) in [7, 11) is 0. The number of rotatable bonds is 2. The predicted molar refractivity (Wildman–Crippen MR) is 70.6 cm³/mol. The highest BCUT2D eigenvalue weighted by Gasteiger charge is 2.22. The molecule has 0 saturated heterocycles. The summed E-state index contributed by atoms with van der Waals surface area (Å²) in [6.45, 7) is 3.41. The van der Waals surface area contributed by atoms with Crippen LogP contribution >= 0.6 is 0 Å². The van der Waals surface area contributed by atoms with Crippen LogP contribution in [0.2, 0.25) is 0 Å². The molecule has 3 heterocycles. The molecular weight excluding hydrogens is 262 g/mol. The van der Waals surface area contributed by atoms with E-state index in [0.29, 0.717) is 11.6 Å². The van der Waals surface area contributed by atoms with Crippen molar-refractivity contribution in [2.45, 2.75) is 13.8 Å². The van der Waals surface area contributed by atoms with Crippen LogP contribution in [-0.4, -0.2) is 26.1 Å². The Bertz CT molecular complexity index is 857. The number of H-pyrrole nitrogens is 2. The third-order valence-corrected chi connectivity index (χ3v) is 2.96. The van der Waals surface area contributed by atoms with E-state index < -0.39 is 11.5 Å². The van der Waals surface area contributed by atoms with E-state index in [4.69, 9.17) is 4.42 Å². The summed E-state index contributed by atoms with van der Waals surface area (Å²) in [5.74, 6) is 0.357. The van der Waals surface area contributed by atoms with Crippen LogP contribution in [0.5, 0.6) is 0 Å². The fourth-order valence-electron chi connectivity index (χ4n) is 1.98. The minimum Gasteiger partial charge on any atom is -0.442 e. The second-order valence-corrected chi connectivity index (χ2v) is 4.33. The molecule has 3 N–H and O–H groups in total. The number of hydrogen-bond donors (Lipinski definition) is 3. The normalized spacial score (nSPS) is 10.9. The molecule has 3 aromatic rings. The van der Waals surface area contributed by atoms with Crippen molar-refractivity contribution in [2.75, 3.05) is 5.32 Å². The molecule has 3 rings (SSSR count). The van der Waals surface area contributed by atoms with Gasteiger partial charge in [-0.1, -0.05) is 0 Å². The van der Waals surface area contributed by atoms with E-state index in [1.165, 1.54) is 6.33 Å². The van der Waals surface area contributed by atoms with E-state index in [-0.39, 0.29) is 16.7 Å². The SMILES string of the molecule is Cc1cn[nH]c1NC(=O)c1c(C)oc2nc[nH]c(=O)c12. The zero-order valence-corrected chi connectivity index (χ0v) is 10.8. The Morgan fingerprint density at radius 3 is 2.90 bits per heavy atom. The molecule has 0 aliphatic rings.